The Bertz CT molecular complexity index is 791. The van der Waals surface area contributed by atoms with Crippen molar-refractivity contribution in [2.75, 3.05) is 44.2 Å². The Kier molecular flexibility index (Phi) is 5.52. The van der Waals surface area contributed by atoms with Gasteiger partial charge in [0.05, 0.1) is 0 Å². The van der Waals surface area contributed by atoms with Crippen LogP contribution >= 0.6 is 0 Å². The van der Waals surface area contributed by atoms with Crippen LogP contribution in [0.25, 0.3) is 0 Å². The van der Waals surface area contributed by atoms with E-state index < -0.39 is 0 Å². The van der Waals surface area contributed by atoms with Gasteiger partial charge in [0.25, 0.3) is 5.91 Å². The summed E-state index contributed by atoms with van der Waals surface area (Å²) in [7, 11) is 0. The molecule has 0 N–H and O–H groups in total. The lowest BCUT2D eigenvalue weighted by Gasteiger charge is -2.42. The van der Waals surface area contributed by atoms with Crippen LogP contribution in [0.5, 0.6) is 0 Å². The lowest BCUT2D eigenvalue weighted by molar-refractivity contribution is 0.0540. The van der Waals surface area contributed by atoms with Crippen LogP contribution in [0.4, 0.5) is 5.95 Å². The van der Waals surface area contributed by atoms with Gasteiger partial charge in [0.1, 0.15) is 0 Å². The van der Waals surface area contributed by atoms with E-state index in [1.807, 2.05) is 24.8 Å². The lowest BCUT2D eigenvalue weighted by Crippen LogP contribution is -2.54. The number of piperidine rings is 1. The Morgan fingerprint density at radius 1 is 0.929 bits per heavy atom. The molecule has 0 unspecified atom stereocenters. The average molecular weight is 380 g/mol. The molecule has 0 bridgehead atoms. The first-order valence-electron chi connectivity index (χ1n) is 10.1. The quantitative estimate of drug-likeness (QED) is 0.811. The molecule has 0 saturated carbocycles. The molecule has 4 rings (SSSR count). The van der Waals surface area contributed by atoms with E-state index in [1.54, 1.807) is 24.5 Å². The molecule has 2 saturated heterocycles. The van der Waals surface area contributed by atoms with Crippen molar-refractivity contribution in [2.45, 2.75) is 32.7 Å². The zero-order valence-corrected chi connectivity index (χ0v) is 16.7. The maximum atomic E-state index is 12.6. The molecule has 2 aromatic heterocycles. The van der Waals surface area contributed by atoms with Crippen molar-refractivity contribution in [2.24, 2.45) is 0 Å². The minimum absolute atomic E-state index is 0.115. The number of hydrogen-bond donors (Lipinski definition) is 0. The molecule has 2 aromatic rings. The monoisotopic (exact) mass is 380 g/mol. The van der Waals surface area contributed by atoms with Gasteiger partial charge in [-0.15, -0.1) is 0 Å². The maximum Gasteiger partial charge on any atom is 0.254 e. The van der Waals surface area contributed by atoms with E-state index in [4.69, 9.17) is 0 Å². The number of rotatable bonds is 3. The summed E-state index contributed by atoms with van der Waals surface area (Å²) >= 11 is 0. The van der Waals surface area contributed by atoms with Crippen LogP contribution in [0, 0.1) is 13.8 Å². The predicted octanol–water partition coefficient (Wildman–Crippen LogP) is 1.92. The van der Waals surface area contributed by atoms with Gasteiger partial charge in [-0.1, -0.05) is 0 Å². The third-order valence-corrected chi connectivity index (χ3v) is 5.76. The SMILES string of the molecule is Cc1cc(C)nc(N2CCC(N3CCN(C(=O)c4ccncc4)CC3)CC2)n1. The van der Waals surface area contributed by atoms with E-state index in [2.05, 4.69) is 24.8 Å². The number of piperazine rings is 1. The first-order chi connectivity index (χ1) is 13.6. The standard InChI is InChI=1S/C21H28N6O/c1-16-15-17(2)24-21(23-16)27-9-5-19(6-10-27)25-11-13-26(14-12-25)20(28)18-3-7-22-8-4-18/h3-4,7-8,15,19H,5-6,9-14H2,1-2H3. The van der Waals surface area contributed by atoms with E-state index in [9.17, 15) is 4.79 Å². The Morgan fingerprint density at radius 3 is 2.14 bits per heavy atom. The Balaban J connectivity index is 1.29. The Hall–Kier alpha value is -2.54. The Labute approximate surface area is 166 Å². The summed E-state index contributed by atoms with van der Waals surface area (Å²) in [5.74, 6) is 0.979. The number of aromatic nitrogens is 3. The molecule has 7 heteroatoms. The van der Waals surface area contributed by atoms with Gasteiger partial charge in [0, 0.05) is 74.7 Å². The van der Waals surface area contributed by atoms with Crippen LogP contribution in [-0.4, -0.2) is 76.0 Å². The summed E-state index contributed by atoms with van der Waals surface area (Å²) in [5.41, 5.74) is 2.78. The highest BCUT2D eigenvalue weighted by molar-refractivity contribution is 5.94. The van der Waals surface area contributed by atoms with Gasteiger partial charge in [0.2, 0.25) is 5.95 Å². The van der Waals surface area contributed by atoms with Gasteiger partial charge >= 0.3 is 0 Å². The summed E-state index contributed by atoms with van der Waals surface area (Å²) in [5, 5.41) is 0. The highest BCUT2D eigenvalue weighted by atomic mass is 16.2. The molecule has 2 aliphatic rings. The van der Waals surface area contributed by atoms with Gasteiger partial charge < -0.3 is 9.80 Å². The highest BCUT2D eigenvalue weighted by Gasteiger charge is 2.29. The molecule has 28 heavy (non-hydrogen) atoms. The van der Waals surface area contributed by atoms with Gasteiger partial charge in [-0.25, -0.2) is 9.97 Å². The van der Waals surface area contributed by atoms with Crippen molar-refractivity contribution >= 4 is 11.9 Å². The molecule has 1 amide bonds. The Morgan fingerprint density at radius 2 is 1.54 bits per heavy atom. The van der Waals surface area contributed by atoms with Crippen molar-refractivity contribution in [1.82, 2.24) is 24.8 Å². The van der Waals surface area contributed by atoms with E-state index >= 15 is 0 Å². The lowest BCUT2D eigenvalue weighted by atomic mass is 10.0. The number of amides is 1. The minimum Gasteiger partial charge on any atom is -0.341 e. The summed E-state index contributed by atoms with van der Waals surface area (Å²) in [6, 6.07) is 6.18. The second-order valence-corrected chi connectivity index (χ2v) is 7.73. The van der Waals surface area contributed by atoms with Crippen molar-refractivity contribution in [3.8, 4) is 0 Å². The average Bonchev–Trinajstić information content (AvgIpc) is 2.73. The number of carbonyl (C=O) groups is 1. The second-order valence-electron chi connectivity index (χ2n) is 7.73. The number of nitrogens with zero attached hydrogens (tertiary/aromatic N) is 6. The van der Waals surface area contributed by atoms with E-state index in [-0.39, 0.29) is 5.91 Å². The largest absolute Gasteiger partial charge is 0.341 e. The van der Waals surface area contributed by atoms with Crippen molar-refractivity contribution in [1.29, 1.82) is 0 Å². The van der Waals surface area contributed by atoms with Crippen molar-refractivity contribution in [3.63, 3.8) is 0 Å². The molecule has 0 spiro atoms. The smallest absolute Gasteiger partial charge is 0.254 e. The summed E-state index contributed by atoms with van der Waals surface area (Å²) < 4.78 is 0. The molecular weight excluding hydrogens is 352 g/mol. The number of pyridine rings is 1. The van der Waals surface area contributed by atoms with Crippen molar-refractivity contribution in [3.05, 3.63) is 47.5 Å². The zero-order chi connectivity index (χ0) is 19.5. The number of anilines is 1. The van der Waals surface area contributed by atoms with Crippen LogP contribution in [0.2, 0.25) is 0 Å². The molecule has 2 aliphatic heterocycles. The van der Waals surface area contributed by atoms with Crippen molar-refractivity contribution < 1.29 is 4.79 Å². The third-order valence-electron chi connectivity index (χ3n) is 5.76. The number of carbonyl (C=O) groups excluding carboxylic acids is 1. The summed E-state index contributed by atoms with van der Waals surface area (Å²) in [6.07, 6.45) is 5.59. The van der Waals surface area contributed by atoms with Gasteiger partial charge in [-0.3, -0.25) is 14.7 Å². The molecule has 7 nitrogen and oxygen atoms in total. The third kappa shape index (κ3) is 4.14. The topological polar surface area (TPSA) is 65.5 Å². The molecule has 2 fully saturated rings. The van der Waals surface area contributed by atoms with Crippen LogP contribution in [-0.2, 0) is 0 Å². The molecule has 148 valence electrons. The summed E-state index contributed by atoms with van der Waals surface area (Å²) in [4.78, 5) is 32.6. The fourth-order valence-corrected chi connectivity index (χ4v) is 4.25. The van der Waals surface area contributed by atoms with E-state index in [0.29, 0.717) is 6.04 Å². The minimum atomic E-state index is 0.115. The van der Waals surface area contributed by atoms with Crippen LogP contribution < -0.4 is 4.90 Å². The molecule has 0 radical (unpaired) electrons. The number of aryl methyl sites for hydroxylation is 2. The van der Waals surface area contributed by atoms with Gasteiger partial charge in [0.15, 0.2) is 0 Å². The first kappa shape index (κ1) is 18.8. The maximum absolute atomic E-state index is 12.6. The van der Waals surface area contributed by atoms with Gasteiger partial charge in [-0.05, 0) is 44.9 Å². The van der Waals surface area contributed by atoms with Crippen LogP contribution in [0.15, 0.2) is 30.6 Å². The highest BCUT2D eigenvalue weighted by Crippen LogP contribution is 2.22. The molecule has 0 aliphatic carbocycles. The van der Waals surface area contributed by atoms with Crippen LogP contribution in [0.3, 0.4) is 0 Å². The van der Waals surface area contributed by atoms with Crippen LogP contribution in [0.1, 0.15) is 34.6 Å². The van der Waals surface area contributed by atoms with E-state index in [1.165, 1.54) is 0 Å². The molecule has 4 heterocycles. The molecule has 0 aromatic carbocycles. The zero-order valence-electron chi connectivity index (χ0n) is 16.7. The number of hydrogen-bond acceptors (Lipinski definition) is 6. The fourth-order valence-electron chi connectivity index (χ4n) is 4.25. The summed E-state index contributed by atoms with van der Waals surface area (Å²) in [6.45, 7) is 9.51. The van der Waals surface area contributed by atoms with Gasteiger partial charge in [-0.2, -0.15) is 0 Å². The normalized spacial score (nSPS) is 19.1. The molecule has 0 atom stereocenters. The second kappa shape index (κ2) is 8.22. The molecular formula is C21H28N6O. The fraction of sp³-hybridized carbons (Fsp3) is 0.524. The predicted molar refractivity (Wildman–Crippen MR) is 108 cm³/mol. The first-order valence-corrected chi connectivity index (χ1v) is 10.1. The van der Waals surface area contributed by atoms with E-state index in [0.717, 1.165) is 75.0 Å².